The second-order valence-electron chi connectivity index (χ2n) is 6.62. The lowest BCUT2D eigenvalue weighted by atomic mass is 10.2. The normalized spacial score (nSPS) is 24.2. The first-order valence-corrected chi connectivity index (χ1v) is 10.6. The van der Waals surface area contributed by atoms with E-state index in [1.54, 1.807) is 22.7 Å². The van der Waals surface area contributed by atoms with Gasteiger partial charge in [0.2, 0.25) is 0 Å². The lowest BCUT2D eigenvalue weighted by Crippen LogP contribution is -2.37. The number of nitrogens with zero attached hydrogens (tertiary/aromatic N) is 2. The highest BCUT2D eigenvalue weighted by Gasteiger charge is 2.24. The molecule has 0 spiro atoms. The van der Waals surface area contributed by atoms with Gasteiger partial charge in [0.05, 0.1) is 17.9 Å². The van der Waals surface area contributed by atoms with Gasteiger partial charge >= 0.3 is 0 Å². The molecule has 0 saturated carbocycles. The van der Waals surface area contributed by atoms with Crippen LogP contribution >= 0.6 is 22.7 Å². The SMILES string of the molecule is c1cc(-c2nc(CN(C[C@H]3CCCO3)C[C@H]3CCCO3)cs2)cs1. The Morgan fingerprint density at radius 1 is 1.08 bits per heavy atom. The summed E-state index contributed by atoms with van der Waals surface area (Å²) in [5, 5.41) is 7.60. The Bertz CT molecular complexity index is 599. The largest absolute Gasteiger partial charge is 0.377 e. The molecule has 0 bridgehead atoms. The van der Waals surface area contributed by atoms with Crippen molar-refractivity contribution >= 4 is 22.7 Å². The van der Waals surface area contributed by atoms with Gasteiger partial charge in [-0.15, -0.1) is 11.3 Å². The first-order chi connectivity index (χ1) is 11.9. The van der Waals surface area contributed by atoms with Gasteiger partial charge in [-0.05, 0) is 37.1 Å². The zero-order valence-electron chi connectivity index (χ0n) is 13.9. The average molecular weight is 365 g/mol. The summed E-state index contributed by atoms with van der Waals surface area (Å²) in [5.74, 6) is 0. The summed E-state index contributed by atoms with van der Waals surface area (Å²) < 4.78 is 11.7. The van der Waals surface area contributed by atoms with E-state index in [0.29, 0.717) is 12.2 Å². The first-order valence-electron chi connectivity index (χ1n) is 8.79. The van der Waals surface area contributed by atoms with E-state index in [1.807, 2.05) is 0 Å². The molecule has 2 aliphatic heterocycles. The summed E-state index contributed by atoms with van der Waals surface area (Å²) in [6, 6.07) is 2.14. The summed E-state index contributed by atoms with van der Waals surface area (Å²) >= 11 is 3.46. The van der Waals surface area contributed by atoms with Gasteiger partial charge in [0, 0.05) is 49.2 Å². The molecular formula is C18H24N2O2S2. The Kier molecular flexibility index (Phi) is 5.60. The van der Waals surface area contributed by atoms with Crippen LogP contribution in [0.3, 0.4) is 0 Å². The molecule has 0 aromatic carbocycles. The molecule has 4 nitrogen and oxygen atoms in total. The average Bonchev–Trinajstić information content (AvgIpc) is 3.37. The van der Waals surface area contributed by atoms with Crippen LogP contribution in [0.2, 0.25) is 0 Å². The lowest BCUT2D eigenvalue weighted by Gasteiger charge is -2.26. The smallest absolute Gasteiger partial charge is 0.124 e. The molecule has 4 rings (SSSR count). The van der Waals surface area contributed by atoms with E-state index in [2.05, 4.69) is 27.1 Å². The molecule has 4 heterocycles. The van der Waals surface area contributed by atoms with Crippen LogP contribution in [0.4, 0.5) is 0 Å². The third-order valence-corrected chi connectivity index (χ3v) is 6.30. The molecule has 0 radical (unpaired) electrons. The summed E-state index contributed by atoms with van der Waals surface area (Å²) in [7, 11) is 0. The molecule has 2 aromatic rings. The van der Waals surface area contributed by atoms with Crippen LogP contribution < -0.4 is 0 Å². The third-order valence-electron chi connectivity index (χ3n) is 4.68. The Balaban J connectivity index is 1.41. The van der Waals surface area contributed by atoms with Crippen LogP contribution in [0.25, 0.3) is 10.6 Å². The Labute approximate surface area is 151 Å². The fourth-order valence-electron chi connectivity index (χ4n) is 3.48. The lowest BCUT2D eigenvalue weighted by molar-refractivity contribution is 0.0342. The molecule has 2 aromatic heterocycles. The maximum Gasteiger partial charge on any atom is 0.124 e. The molecule has 0 unspecified atom stereocenters. The van der Waals surface area contributed by atoms with Gasteiger partial charge < -0.3 is 9.47 Å². The molecule has 2 atom stereocenters. The van der Waals surface area contributed by atoms with Crippen LogP contribution in [-0.2, 0) is 16.0 Å². The minimum absolute atomic E-state index is 0.376. The maximum atomic E-state index is 5.85. The van der Waals surface area contributed by atoms with Gasteiger partial charge in [-0.3, -0.25) is 4.90 Å². The zero-order chi connectivity index (χ0) is 16.2. The van der Waals surface area contributed by atoms with Gasteiger partial charge in [0.15, 0.2) is 0 Å². The highest BCUT2D eigenvalue weighted by atomic mass is 32.1. The monoisotopic (exact) mass is 364 g/mol. The summed E-state index contributed by atoms with van der Waals surface area (Å²) in [6.07, 6.45) is 5.50. The van der Waals surface area contributed by atoms with Crippen LogP contribution in [0.5, 0.6) is 0 Å². The van der Waals surface area contributed by atoms with Gasteiger partial charge in [-0.25, -0.2) is 4.98 Å². The number of aromatic nitrogens is 1. The molecule has 2 aliphatic rings. The number of ether oxygens (including phenoxy) is 2. The number of thiophene rings is 1. The predicted molar refractivity (Wildman–Crippen MR) is 98.7 cm³/mol. The second kappa shape index (κ2) is 8.06. The fourth-order valence-corrected chi connectivity index (χ4v) is 5.01. The third kappa shape index (κ3) is 4.24. The van der Waals surface area contributed by atoms with Crippen LogP contribution in [-0.4, -0.2) is 48.4 Å². The molecule has 24 heavy (non-hydrogen) atoms. The van der Waals surface area contributed by atoms with Gasteiger partial charge in [-0.2, -0.15) is 11.3 Å². The highest BCUT2D eigenvalue weighted by molar-refractivity contribution is 7.14. The Morgan fingerprint density at radius 2 is 1.83 bits per heavy atom. The highest BCUT2D eigenvalue weighted by Crippen LogP contribution is 2.27. The topological polar surface area (TPSA) is 34.6 Å². The standard InChI is InChI=1S/C18H24N2O2S2/c1-3-16(21-6-1)10-20(11-17-4-2-7-22-17)9-15-13-24-18(19-15)14-5-8-23-12-14/h5,8,12-13,16-17H,1-4,6-7,9-11H2/t16-,17-/m1/s1. The van der Waals surface area contributed by atoms with Crippen LogP contribution in [0.1, 0.15) is 31.4 Å². The first kappa shape index (κ1) is 16.7. The van der Waals surface area contributed by atoms with E-state index in [0.717, 1.165) is 43.5 Å². The molecular weight excluding hydrogens is 340 g/mol. The van der Waals surface area contributed by atoms with Crippen molar-refractivity contribution in [2.45, 2.75) is 44.4 Å². The van der Waals surface area contributed by atoms with E-state index in [4.69, 9.17) is 14.5 Å². The van der Waals surface area contributed by atoms with Crippen molar-refractivity contribution in [3.63, 3.8) is 0 Å². The zero-order valence-corrected chi connectivity index (χ0v) is 15.5. The molecule has 2 fully saturated rings. The number of hydrogen-bond acceptors (Lipinski definition) is 6. The minimum atomic E-state index is 0.376. The van der Waals surface area contributed by atoms with Crippen molar-refractivity contribution in [3.8, 4) is 10.6 Å². The molecule has 0 amide bonds. The number of hydrogen-bond donors (Lipinski definition) is 0. The van der Waals surface area contributed by atoms with E-state index in [1.165, 1.54) is 31.2 Å². The summed E-state index contributed by atoms with van der Waals surface area (Å²) in [6.45, 7) is 4.70. The van der Waals surface area contributed by atoms with E-state index in [9.17, 15) is 0 Å². The number of thiazole rings is 1. The van der Waals surface area contributed by atoms with Crippen molar-refractivity contribution in [1.29, 1.82) is 0 Å². The van der Waals surface area contributed by atoms with E-state index >= 15 is 0 Å². The number of rotatable bonds is 7. The fraction of sp³-hybridized carbons (Fsp3) is 0.611. The van der Waals surface area contributed by atoms with Gasteiger partial charge in [0.1, 0.15) is 5.01 Å². The molecule has 0 aliphatic carbocycles. The molecule has 6 heteroatoms. The molecule has 130 valence electrons. The van der Waals surface area contributed by atoms with Crippen molar-refractivity contribution in [3.05, 3.63) is 27.9 Å². The van der Waals surface area contributed by atoms with Crippen LogP contribution in [0, 0.1) is 0 Å². The molecule has 2 saturated heterocycles. The summed E-state index contributed by atoms with van der Waals surface area (Å²) in [4.78, 5) is 7.33. The minimum Gasteiger partial charge on any atom is -0.377 e. The van der Waals surface area contributed by atoms with E-state index in [-0.39, 0.29) is 0 Å². The second-order valence-corrected chi connectivity index (χ2v) is 8.26. The van der Waals surface area contributed by atoms with Crippen molar-refractivity contribution in [2.75, 3.05) is 26.3 Å². The summed E-state index contributed by atoms with van der Waals surface area (Å²) in [5.41, 5.74) is 2.40. The van der Waals surface area contributed by atoms with Crippen molar-refractivity contribution < 1.29 is 9.47 Å². The van der Waals surface area contributed by atoms with Gasteiger partial charge in [-0.1, -0.05) is 0 Å². The maximum absolute atomic E-state index is 5.85. The molecule has 0 N–H and O–H groups in total. The van der Waals surface area contributed by atoms with Crippen molar-refractivity contribution in [1.82, 2.24) is 9.88 Å². The Morgan fingerprint density at radius 3 is 2.42 bits per heavy atom. The van der Waals surface area contributed by atoms with Gasteiger partial charge in [0.25, 0.3) is 0 Å². The quantitative estimate of drug-likeness (QED) is 0.743. The predicted octanol–water partition coefficient (Wildman–Crippen LogP) is 4.03. The van der Waals surface area contributed by atoms with Crippen molar-refractivity contribution in [2.24, 2.45) is 0 Å². The Hall–Kier alpha value is -0.790. The van der Waals surface area contributed by atoms with E-state index < -0.39 is 0 Å². The van der Waals surface area contributed by atoms with Crippen LogP contribution in [0.15, 0.2) is 22.2 Å².